The molecule has 0 spiro atoms. The minimum atomic E-state index is 0.0647. The lowest BCUT2D eigenvalue weighted by Gasteiger charge is -2.19. The van der Waals surface area contributed by atoms with Gasteiger partial charge in [0.2, 0.25) is 0 Å². The van der Waals surface area contributed by atoms with E-state index in [2.05, 4.69) is 5.32 Å². The number of hydrogen-bond donors (Lipinski definition) is 1. The van der Waals surface area contributed by atoms with Crippen LogP contribution in [-0.4, -0.2) is 5.71 Å². The molecule has 0 fully saturated rings. The number of rotatable bonds is 2. The maximum absolute atomic E-state index is 7.98. The molecule has 2 heteroatoms. The molecule has 0 atom stereocenters. The number of allylic oxidation sites excluding steroid dienone is 2. The third-order valence-corrected chi connectivity index (χ3v) is 2.18. The van der Waals surface area contributed by atoms with Crippen LogP contribution in [0.2, 0.25) is 0 Å². The van der Waals surface area contributed by atoms with Crippen molar-refractivity contribution >= 4 is 5.71 Å². The minimum absolute atomic E-state index is 0.0647. The lowest BCUT2D eigenvalue weighted by atomic mass is 9.96. The highest BCUT2D eigenvalue weighted by Gasteiger charge is 2.08. The van der Waals surface area contributed by atoms with Crippen LogP contribution in [0, 0.1) is 11.3 Å². The van der Waals surface area contributed by atoms with E-state index < -0.39 is 0 Å². The standard InChI is InChI=1S/C12H11N2/c13-12(10-4-2-1-3-5-10)11-6-8-14-9-7-11/h1-9,11,13H/q-1. The highest BCUT2D eigenvalue weighted by molar-refractivity contribution is 6.02. The molecule has 0 amide bonds. The second-order valence-corrected chi connectivity index (χ2v) is 3.14. The number of benzene rings is 1. The van der Waals surface area contributed by atoms with Crippen molar-refractivity contribution in [1.82, 2.24) is 0 Å². The van der Waals surface area contributed by atoms with Crippen LogP contribution >= 0.6 is 0 Å². The average molecular weight is 183 g/mol. The van der Waals surface area contributed by atoms with E-state index in [1.165, 1.54) is 0 Å². The summed E-state index contributed by atoms with van der Waals surface area (Å²) in [6.07, 6.45) is 7.33. The van der Waals surface area contributed by atoms with Crippen molar-refractivity contribution < 1.29 is 0 Å². The topological polar surface area (TPSA) is 38.0 Å². The van der Waals surface area contributed by atoms with Gasteiger partial charge in [0.05, 0.1) is 0 Å². The van der Waals surface area contributed by atoms with Crippen molar-refractivity contribution in [2.45, 2.75) is 0 Å². The first-order chi connectivity index (χ1) is 6.88. The van der Waals surface area contributed by atoms with Crippen LogP contribution in [0.5, 0.6) is 0 Å². The van der Waals surface area contributed by atoms with Gasteiger partial charge in [0.15, 0.2) is 0 Å². The van der Waals surface area contributed by atoms with Gasteiger partial charge in [0.1, 0.15) is 0 Å². The van der Waals surface area contributed by atoms with Gasteiger partial charge in [0.25, 0.3) is 0 Å². The smallest absolute Gasteiger partial charge is 0.0491 e. The maximum atomic E-state index is 7.98. The minimum Gasteiger partial charge on any atom is -0.671 e. The molecule has 1 aromatic rings. The highest BCUT2D eigenvalue weighted by atomic mass is 14.8. The van der Waals surface area contributed by atoms with Crippen molar-refractivity contribution in [3.05, 3.63) is 65.8 Å². The Kier molecular flexibility index (Phi) is 2.45. The van der Waals surface area contributed by atoms with E-state index in [4.69, 9.17) is 5.41 Å². The summed E-state index contributed by atoms with van der Waals surface area (Å²) in [5.74, 6) is 0.0647. The molecule has 1 aliphatic heterocycles. The zero-order valence-corrected chi connectivity index (χ0v) is 7.72. The second kappa shape index (κ2) is 3.92. The van der Waals surface area contributed by atoms with E-state index in [9.17, 15) is 0 Å². The average Bonchev–Trinajstić information content (AvgIpc) is 2.30. The fraction of sp³-hybridized carbons (Fsp3) is 0.0833. The third-order valence-electron chi connectivity index (χ3n) is 2.18. The Balaban J connectivity index is 2.20. The van der Waals surface area contributed by atoms with E-state index >= 15 is 0 Å². The Hall–Kier alpha value is -1.83. The van der Waals surface area contributed by atoms with Gasteiger partial charge in [0, 0.05) is 11.6 Å². The van der Waals surface area contributed by atoms with Crippen molar-refractivity contribution in [2.24, 2.45) is 5.92 Å². The largest absolute Gasteiger partial charge is 0.671 e. The predicted octanol–water partition coefficient (Wildman–Crippen LogP) is 3.09. The summed E-state index contributed by atoms with van der Waals surface area (Å²) in [5.41, 5.74) is 1.58. The van der Waals surface area contributed by atoms with Gasteiger partial charge < -0.3 is 10.7 Å². The Bertz CT molecular complexity index is 365. The van der Waals surface area contributed by atoms with E-state index in [-0.39, 0.29) is 5.92 Å². The monoisotopic (exact) mass is 183 g/mol. The Morgan fingerprint density at radius 1 is 1.07 bits per heavy atom. The number of nitrogens with one attached hydrogen (secondary N) is 1. The van der Waals surface area contributed by atoms with Gasteiger partial charge in [-0.05, 0) is 5.56 Å². The van der Waals surface area contributed by atoms with E-state index in [1.807, 2.05) is 42.5 Å². The molecule has 2 nitrogen and oxygen atoms in total. The first kappa shape index (κ1) is 8.75. The Morgan fingerprint density at radius 3 is 2.36 bits per heavy atom. The molecule has 0 radical (unpaired) electrons. The van der Waals surface area contributed by atoms with Crippen LogP contribution in [0.4, 0.5) is 0 Å². The van der Waals surface area contributed by atoms with Gasteiger partial charge in [-0.1, -0.05) is 42.5 Å². The molecule has 70 valence electrons. The zero-order valence-electron chi connectivity index (χ0n) is 7.72. The van der Waals surface area contributed by atoms with Gasteiger partial charge >= 0.3 is 0 Å². The number of hydrogen-bond acceptors (Lipinski definition) is 1. The summed E-state index contributed by atoms with van der Waals surface area (Å²) in [4.78, 5) is 0. The number of nitrogens with zero attached hydrogens (tertiary/aromatic N) is 1. The predicted molar refractivity (Wildman–Crippen MR) is 58.4 cm³/mol. The SMILES string of the molecule is N=C(c1ccccc1)C1C=C[N-]C=C1. The van der Waals surface area contributed by atoms with E-state index in [1.54, 1.807) is 12.4 Å². The molecule has 2 rings (SSSR count). The molecule has 0 aromatic heterocycles. The van der Waals surface area contributed by atoms with E-state index in [0.29, 0.717) is 5.71 Å². The lowest BCUT2D eigenvalue weighted by Crippen LogP contribution is -2.10. The van der Waals surface area contributed by atoms with Crippen LogP contribution in [0.1, 0.15) is 5.56 Å². The van der Waals surface area contributed by atoms with Crippen LogP contribution in [0.25, 0.3) is 5.32 Å². The molecule has 0 unspecified atom stereocenters. The molecule has 0 saturated carbocycles. The quantitative estimate of drug-likeness (QED) is 0.684. The van der Waals surface area contributed by atoms with E-state index in [0.717, 1.165) is 5.56 Å². The summed E-state index contributed by atoms with van der Waals surface area (Å²) in [5, 5.41) is 11.9. The zero-order chi connectivity index (χ0) is 9.80. The molecule has 1 N–H and O–H groups in total. The summed E-state index contributed by atoms with van der Waals surface area (Å²) in [6, 6.07) is 9.76. The van der Waals surface area contributed by atoms with Crippen LogP contribution in [-0.2, 0) is 0 Å². The third kappa shape index (κ3) is 1.74. The lowest BCUT2D eigenvalue weighted by molar-refractivity contribution is 1.09. The van der Waals surface area contributed by atoms with Crippen molar-refractivity contribution in [2.75, 3.05) is 0 Å². The molecular weight excluding hydrogens is 172 g/mol. The molecule has 14 heavy (non-hydrogen) atoms. The molecule has 1 aromatic carbocycles. The molecule has 1 heterocycles. The van der Waals surface area contributed by atoms with Crippen LogP contribution < -0.4 is 0 Å². The summed E-state index contributed by atoms with van der Waals surface area (Å²) < 4.78 is 0. The van der Waals surface area contributed by atoms with Gasteiger partial charge in [-0.2, -0.15) is 12.4 Å². The summed E-state index contributed by atoms with van der Waals surface area (Å²) >= 11 is 0. The molecule has 0 bridgehead atoms. The van der Waals surface area contributed by atoms with Crippen LogP contribution in [0.15, 0.2) is 54.9 Å². The van der Waals surface area contributed by atoms with Gasteiger partial charge in [-0.25, -0.2) is 0 Å². The molecule has 0 aliphatic carbocycles. The van der Waals surface area contributed by atoms with Crippen LogP contribution in [0.3, 0.4) is 0 Å². The van der Waals surface area contributed by atoms with Gasteiger partial charge in [-0.15, -0.1) is 0 Å². The van der Waals surface area contributed by atoms with Crippen molar-refractivity contribution in [3.63, 3.8) is 0 Å². The first-order valence-electron chi connectivity index (χ1n) is 4.55. The second-order valence-electron chi connectivity index (χ2n) is 3.14. The fourth-order valence-electron chi connectivity index (χ4n) is 1.40. The van der Waals surface area contributed by atoms with Crippen molar-refractivity contribution in [1.29, 1.82) is 5.41 Å². The van der Waals surface area contributed by atoms with Crippen molar-refractivity contribution in [3.8, 4) is 0 Å². The Labute approximate surface area is 83.5 Å². The molecule has 0 saturated heterocycles. The first-order valence-corrected chi connectivity index (χ1v) is 4.55. The van der Waals surface area contributed by atoms with Gasteiger partial charge in [-0.3, -0.25) is 0 Å². The fourth-order valence-corrected chi connectivity index (χ4v) is 1.40. The maximum Gasteiger partial charge on any atom is 0.0491 e. The molecular formula is C12H11N2-. The highest BCUT2D eigenvalue weighted by Crippen LogP contribution is 2.16. The normalized spacial score (nSPS) is 15.1. The summed E-state index contributed by atoms with van der Waals surface area (Å²) in [7, 11) is 0. The summed E-state index contributed by atoms with van der Waals surface area (Å²) in [6.45, 7) is 0. The molecule has 1 aliphatic rings. The Morgan fingerprint density at radius 2 is 1.71 bits per heavy atom.